The summed E-state index contributed by atoms with van der Waals surface area (Å²) in [6, 6.07) is -0.0927. The van der Waals surface area contributed by atoms with Gasteiger partial charge in [0.05, 0.1) is 12.5 Å². The molecule has 5 heteroatoms. The van der Waals surface area contributed by atoms with Gasteiger partial charge in [-0.25, -0.2) is 0 Å². The van der Waals surface area contributed by atoms with Crippen LogP contribution in [-0.4, -0.2) is 53.8 Å². The Labute approximate surface area is 82.8 Å². The summed E-state index contributed by atoms with van der Waals surface area (Å²) in [5, 5.41) is 0. The number of likely N-dealkylation sites (N-methyl/N-ethyl adjacent to an activating group) is 1. The first-order valence-electron chi connectivity index (χ1n) is 4.89. The third kappa shape index (κ3) is 1.42. The Hall–Kier alpha value is -0.940. The maximum Gasteiger partial charge on any atom is 0.246 e. The van der Waals surface area contributed by atoms with E-state index in [2.05, 4.69) is 0 Å². The van der Waals surface area contributed by atoms with E-state index in [9.17, 15) is 9.59 Å². The van der Waals surface area contributed by atoms with Crippen LogP contribution in [0.4, 0.5) is 0 Å². The van der Waals surface area contributed by atoms with Crippen molar-refractivity contribution in [3.63, 3.8) is 0 Å². The summed E-state index contributed by atoms with van der Waals surface area (Å²) in [6.07, 6.45) is 1.24. The molecule has 1 unspecified atom stereocenters. The van der Waals surface area contributed by atoms with Crippen LogP contribution in [0.1, 0.15) is 12.8 Å². The molecule has 0 aromatic carbocycles. The normalized spacial score (nSPS) is 34.6. The molecule has 0 radical (unpaired) electrons. The number of nitrogens with two attached hydrogens (primary N) is 1. The van der Waals surface area contributed by atoms with Gasteiger partial charge in [0.1, 0.15) is 0 Å². The molecule has 78 valence electrons. The summed E-state index contributed by atoms with van der Waals surface area (Å²) in [6.45, 7) is 1.57. The Morgan fingerprint density at radius 3 is 2.57 bits per heavy atom. The Morgan fingerprint density at radius 1 is 1.43 bits per heavy atom. The van der Waals surface area contributed by atoms with Crippen molar-refractivity contribution in [2.45, 2.75) is 24.9 Å². The molecule has 2 rings (SSSR count). The fourth-order valence-corrected chi connectivity index (χ4v) is 2.12. The maximum absolute atomic E-state index is 11.6. The van der Waals surface area contributed by atoms with Gasteiger partial charge in [-0.05, 0) is 6.42 Å². The van der Waals surface area contributed by atoms with Crippen molar-refractivity contribution >= 4 is 11.8 Å². The van der Waals surface area contributed by atoms with E-state index < -0.39 is 0 Å². The summed E-state index contributed by atoms with van der Waals surface area (Å²) in [4.78, 5) is 26.2. The van der Waals surface area contributed by atoms with Crippen LogP contribution in [0.15, 0.2) is 0 Å². The molecule has 0 saturated carbocycles. The molecule has 2 aliphatic heterocycles. The van der Waals surface area contributed by atoms with Crippen LogP contribution in [0.25, 0.3) is 0 Å². The van der Waals surface area contributed by atoms with Crippen molar-refractivity contribution in [2.24, 2.45) is 5.73 Å². The van der Waals surface area contributed by atoms with Gasteiger partial charge in [0, 0.05) is 26.2 Å². The molecule has 0 aromatic heterocycles. The summed E-state index contributed by atoms with van der Waals surface area (Å²) >= 11 is 0. The SMILES string of the molecule is CN1C(=O)CC(N2CC[C@H](N)C2)C1=O. The molecule has 2 fully saturated rings. The van der Waals surface area contributed by atoms with Crippen LogP contribution in [-0.2, 0) is 9.59 Å². The summed E-state index contributed by atoms with van der Waals surface area (Å²) in [5.74, 6) is -0.162. The van der Waals surface area contributed by atoms with Gasteiger partial charge in [0.15, 0.2) is 0 Å². The number of rotatable bonds is 1. The Balaban J connectivity index is 2.06. The first kappa shape index (κ1) is 9.61. The minimum atomic E-state index is -0.249. The first-order valence-corrected chi connectivity index (χ1v) is 4.89. The van der Waals surface area contributed by atoms with Crippen LogP contribution in [0.3, 0.4) is 0 Å². The summed E-state index contributed by atoms with van der Waals surface area (Å²) in [5.41, 5.74) is 5.76. The topological polar surface area (TPSA) is 66.6 Å². The summed E-state index contributed by atoms with van der Waals surface area (Å²) in [7, 11) is 1.54. The molecule has 0 aliphatic carbocycles. The van der Waals surface area contributed by atoms with Crippen LogP contribution in [0.5, 0.6) is 0 Å². The predicted molar refractivity (Wildman–Crippen MR) is 50.3 cm³/mol. The summed E-state index contributed by atoms with van der Waals surface area (Å²) < 4.78 is 0. The van der Waals surface area contributed by atoms with Crippen LogP contribution in [0.2, 0.25) is 0 Å². The Morgan fingerprint density at radius 2 is 2.14 bits per heavy atom. The van der Waals surface area contributed by atoms with Gasteiger partial charge in [-0.15, -0.1) is 0 Å². The van der Waals surface area contributed by atoms with Gasteiger partial charge in [-0.1, -0.05) is 0 Å². The van der Waals surface area contributed by atoms with E-state index in [1.54, 1.807) is 7.05 Å². The van der Waals surface area contributed by atoms with Crippen LogP contribution >= 0.6 is 0 Å². The number of amides is 2. The fraction of sp³-hybridized carbons (Fsp3) is 0.778. The minimum absolute atomic E-state index is 0.0795. The van der Waals surface area contributed by atoms with Gasteiger partial charge in [0.25, 0.3) is 0 Å². The molecular weight excluding hydrogens is 182 g/mol. The second-order valence-electron chi connectivity index (χ2n) is 4.05. The molecular formula is C9H15N3O2. The zero-order valence-electron chi connectivity index (χ0n) is 8.27. The molecule has 2 saturated heterocycles. The predicted octanol–water partition coefficient (Wildman–Crippen LogP) is -1.22. The lowest BCUT2D eigenvalue weighted by Crippen LogP contribution is -2.40. The quantitative estimate of drug-likeness (QED) is 0.535. The number of imide groups is 1. The molecule has 2 amide bonds. The third-order valence-corrected chi connectivity index (χ3v) is 3.05. The van der Waals surface area contributed by atoms with E-state index >= 15 is 0 Å². The highest BCUT2D eigenvalue weighted by atomic mass is 16.2. The number of hydrogen-bond donors (Lipinski definition) is 1. The van der Waals surface area contributed by atoms with E-state index in [1.807, 2.05) is 4.90 Å². The van der Waals surface area contributed by atoms with Crippen molar-refractivity contribution in [1.82, 2.24) is 9.80 Å². The second kappa shape index (κ2) is 3.33. The molecule has 2 heterocycles. The Bertz CT molecular complexity index is 279. The standard InChI is InChI=1S/C9H15N3O2/c1-11-8(13)4-7(9(11)14)12-3-2-6(10)5-12/h6-7H,2-5,10H2,1H3/t6-,7?/m0/s1. The fourth-order valence-electron chi connectivity index (χ4n) is 2.12. The average molecular weight is 197 g/mol. The van der Waals surface area contributed by atoms with Crippen molar-refractivity contribution in [1.29, 1.82) is 0 Å². The molecule has 0 aromatic rings. The van der Waals surface area contributed by atoms with Gasteiger partial charge < -0.3 is 5.73 Å². The van der Waals surface area contributed by atoms with Gasteiger partial charge in [-0.2, -0.15) is 0 Å². The molecule has 14 heavy (non-hydrogen) atoms. The highest BCUT2D eigenvalue weighted by Crippen LogP contribution is 2.20. The zero-order valence-corrected chi connectivity index (χ0v) is 8.27. The molecule has 2 atom stereocenters. The smallest absolute Gasteiger partial charge is 0.246 e. The van der Waals surface area contributed by atoms with E-state index in [1.165, 1.54) is 4.90 Å². The van der Waals surface area contributed by atoms with E-state index in [-0.39, 0.29) is 23.9 Å². The molecule has 5 nitrogen and oxygen atoms in total. The van der Waals surface area contributed by atoms with Crippen molar-refractivity contribution in [3.05, 3.63) is 0 Å². The second-order valence-corrected chi connectivity index (χ2v) is 4.05. The zero-order chi connectivity index (χ0) is 10.3. The lowest BCUT2D eigenvalue weighted by molar-refractivity contribution is -0.137. The molecule has 2 N–H and O–H groups in total. The van der Waals surface area contributed by atoms with Crippen molar-refractivity contribution < 1.29 is 9.59 Å². The number of nitrogens with zero attached hydrogens (tertiary/aromatic N) is 2. The number of carbonyl (C=O) groups is 2. The van der Waals surface area contributed by atoms with Crippen LogP contribution in [0, 0.1) is 0 Å². The lowest BCUT2D eigenvalue weighted by atomic mass is 10.2. The van der Waals surface area contributed by atoms with Crippen molar-refractivity contribution in [2.75, 3.05) is 20.1 Å². The lowest BCUT2D eigenvalue weighted by Gasteiger charge is -2.20. The number of likely N-dealkylation sites (tertiary alicyclic amines) is 2. The van der Waals surface area contributed by atoms with E-state index in [0.717, 1.165) is 19.5 Å². The van der Waals surface area contributed by atoms with E-state index in [0.29, 0.717) is 6.42 Å². The molecule has 2 aliphatic rings. The number of carbonyl (C=O) groups excluding carboxylic acids is 2. The number of hydrogen-bond acceptors (Lipinski definition) is 4. The van der Waals surface area contributed by atoms with E-state index in [4.69, 9.17) is 5.73 Å². The minimum Gasteiger partial charge on any atom is -0.326 e. The molecule has 0 bridgehead atoms. The van der Waals surface area contributed by atoms with Crippen LogP contribution < -0.4 is 5.73 Å². The maximum atomic E-state index is 11.6. The molecule has 0 spiro atoms. The van der Waals surface area contributed by atoms with Gasteiger partial charge in [0.2, 0.25) is 11.8 Å². The van der Waals surface area contributed by atoms with Gasteiger partial charge >= 0.3 is 0 Å². The van der Waals surface area contributed by atoms with Crippen molar-refractivity contribution in [3.8, 4) is 0 Å². The highest BCUT2D eigenvalue weighted by Gasteiger charge is 2.41. The Kier molecular flexibility index (Phi) is 2.28. The highest BCUT2D eigenvalue weighted by molar-refractivity contribution is 6.05. The third-order valence-electron chi connectivity index (χ3n) is 3.05. The van der Waals surface area contributed by atoms with Gasteiger partial charge in [-0.3, -0.25) is 19.4 Å². The average Bonchev–Trinajstić information content (AvgIpc) is 2.66. The monoisotopic (exact) mass is 197 g/mol. The first-order chi connectivity index (χ1) is 6.59. The largest absolute Gasteiger partial charge is 0.326 e.